The zero-order chi connectivity index (χ0) is 13.2. The first-order chi connectivity index (χ1) is 9.22. The van der Waals surface area contributed by atoms with E-state index < -0.39 is 0 Å². The smallest absolute Gasteiger partial charge is 0.222 e. The van der Waals surface area contributed by atoms with Crippen LogP contribution < -0.4 is 4.74 Å². The van der Waals surface area contributed by atoms with Crippen molar-refractivity contribution in [1.82, 2.24) is 4.98 Å². The van der Waals surface area contributed by atoms with Gasteiger partial charge in [0, 0.05) is 15.4 Å². The first-order valence-electron chi connectivity index (χ1n) is 6.02. The van der Waals surface area contributed by atoms with Crippen LogP contribution in [0.15, 0.2) is 59.1 Å². The summed E-state index contributed by atoms with van der Waals surface area (Å²) in [6, 6.07) is 17.9. The summed E-state index contributed by atoms with van der Waals surface area (Å²) in [5.41, 5.74) is 1.97. The summed E-state index contributed by atoms with van der Waals surface area (Å²) in [6.07, 6.45) is 0. The lowest BCUT2D eigenvalue weighted by molar-refractivity contribution is 0.461. The maximum Gasteiger partial charge on any atom is 0.222 e. The average molecular weight is 314 g/mol. The monoisotopic (exact) mass is 313 g/mol. The molecule has 0 saturated carbocycles. The normalized spacial score (nSPS) is 10.6. The molecule has 3 rings (SSSR count). The highest BCUT2D eigenvalue weighted by molar-refractivity contribution is 9.10. The Morgan fingerprint density at radius 3 is 2.53 bits per heavy atom. The molecule has 0 bridgehead atoms. The first kappa shape index (κ1) is 12.2. The van der Waals surface area contributed by atoms with E-state index >= 15 is 0 Å². The van der Waals surface area contributed by atoms with Crippen molar-refractivity contribution in [3.63, 3.8) is 0 Å². The van der Waals surface area contributed by atoms with Crippen molar-refractivity contribution >= 4 is 26.8 Å². The minimum absolute atomic E-state index is 0.654. The fourth-order valence-electron chi connectivity index (χ4n) is 1.92. The van der Waals surface area contributed by atoms with E-state index in [0.717, 1.165) is 26.7 Å². The van der Waals surface area contributed by atoms with Gasteiger partial charge in [-0.2, -0.15) is 0 Å². The van der Waals surface area contributed by atoms with Crippen LogP contribution in [0, 0.1) is 6.92 Å². The molecular formula is C16H12BrNO. The van der Waals surface area contributed by atoms with Crippen LogP contribution in [-0.4, -0.2) is 4.98 Å². The molecular weight excluding hydrogens is 302 g/mol. The van der Waals surface area contributed by atoms with Crippen LogP contribution in [0.25, 0.3) is 10.9 Å². The maximum atomic E-state index is 5.84. The third-order valence-electron chi connectivity index (χ3n) is 2.90. The van der Waals surface area contributed by atoms with E-state index in [0.29, 0.717) is 5.88 Å². The molecule has 0 saturated heterocycles. The number of hydrogen-bond donors (Lipinski definition) is 0. The van der Waals surface area contributed by atoms with Crippen LogP contribution in [0.2, 0.25) is 0 Å². The molecule has 0 aliphatic heterocycles. The van der Waals surface area contributed by atoms with Crippen LogP contribution in [0.1, 0.15) is 5.56 Å². The fraction of sp³-hybridized carbons (Fsp3) is 0.0625. The molecule has 0 atom stereocenters. The topological polar surface area (TPSA) is 22.1 Å². The van der Waals surface area contributed by atoms with Crippen molar-refractivity contribution in [1.29, 1.82) is 0 Å². The predicted molar refractivity (Wildman–Crippen MR) is 80.7 cm³/mol. The molecule has 94 valence electrons. The van der Waals surface area contributed by atoms with Gasteiger partial charge < -0.3 is 4.74 Å². The highest BCUT2D eigenvalue weighted by Gasteiger charge is 2.05. The molecule has 0 spiro atoms. The summed E-state index contributed by atoms with van der Waals surface area (Å²) >= 11 is 3.41. The van der Waals surface area contributed by atoms with E-state index in [1.54, 1.807) is 0 Å². The van der Waals surface area contributed by atoms with Gasteiger partial charge in [-0.15, -0.1) is 0 Å². The van der Waals surface area contributed by atoms with Crippen molar-refractivity contribution < 1.29 is 4.74 Å². The largest absolute Gasteiger partial charge is 0.439 e. The van der Waals surface area contributed by atoms with E-state index in [2.05, 4.69) is 33.0 Å². The minimum Gasteiger partial charge on any atom is -0.439 e. The summed E-state index contributed by atoms with van der Waals surface area (Å²) < 4.78 is 6.87. The predicted octanol–water partition coefficient (Wildman–Crippen LogP) is 5.10. The van der Waals surface area contributed by atoms with Gasteiger partial charge in [0.2, 0.25) is 5.88 Å². The van der Waals surface area contributed by atoms with Gasteiger partial charge in [0.15, 0.2) is 0 Å². The number of halogens is 1. The van der Waals surface area contributed by atoms with Crippen molar-refractivity contribution in [2.75, 3.05) is 0 Å². The second-order valence-electron chi connectivity index (χ2n) is 4.36. The molecule has 1 aromatic heterocycles. The van der Waals surface area contributed by atoms with Crippen LogP contribution in [-0.2, 0) is 0 Å². The number of aryl methyl sites for hydroxylation is 1. The molecule has 2 nitrogen and oxygen atoms in total. The maximum absolute atomic E-state index is 5.84. The molecule has 0 aliphatic rings. The second-order valence-corrected chi connectivity index (χ2v) is 5.27. The lowest BCUT2D eigenvalue weighted by Crippen LogP contribution is -1.92. The SMILES string of the molecule is Cc1cc2ccccc2nc1Oc1ccc(Br)cc1. The Labute approximate surface area is 120 Å². The summed E-state index contributed by atoms with van der Waals surface area (Å²) in [6.45, 7) is 2.01. The number of rotatable bonds is 2. The van der Waals surface area contributed by atoms with Gasteiger partial charge in [-0.1, -0.05) is 34.1 Å². The van der Waals surface area contributed by atoms with Crippen molar-refractivity contribution in [2.45, 2.75) is 6.92 Å². The van der Waals surface area contributed by atoms with Gasteiger partial charge in [-0.25, -0.2) is 4.98 Å². The Morgan fingerprint density at radius 1 is 1.00 bits per heavy atom. The molecule has 0 unspecified atom stereocenters. The number of pyridine rings is 1. The molecule has 1 heterocycles. The molecule has 19 heavy (non-hydrogen) atoms. The van der Waals surface area contributed by atoms with Crippen molar-refractivity contribution in [3.05, 3.63) is 64.6 Å². The van der Waals surface area contributed by atoms with E-state index in [1.165, 1.54) is 0 Å². The van der Waals surface area contributed by atoms with Crippen LogP contribution in [0.3, 0.4) is 0 Å². The lowest BCUT2D eigenvalue weighted by Gasteiger charge is -2.09. The molecule has 3 heteroatoms. The number of nitrogens with zero attached hydrogens (tertiary/aromatic N) is 1. The molecule has 2 aromatic carbocycles. The summed E-state index contributed by atoms with van der Waals surface area (Å²) in [5.74, 6) is 1.44. The first-order valence-corrected chi connectivity index (χ1v) is 6.81. The molecule has 0 N–H and O–H groups in total. The lowest BCUT2D eigenvalue weighted by atomic mass is 10.2. The van der Waals surface area contributed by atoms with Gasteiger partial charge in [0.25, 0.3) is 0 Å². The number of para-hydroxylation sites is 1. The van der Waals surface area contributed by atoms with Crippen LogP contribution in [0.4, 0.5) is 0 Å². The zero-order valence-corrected chi connectivity index (χ0v) is 12.0. The van der Waals surface area contributed by atoms with Gasteiger partial charge in [-0.05, 0) is 43.3 Å². The summed E-state index contributed by atoms with van der Waals surface area (Å²) in [4.78, 5) is 4.56. The summed E-state index contributed by atoms with van der Waals surface area (Å²) in [5, 5.41) is 1.13. The molecule has 0 amide bonds. The van der Waals surface area contributed by atoms with Gasteiger partial charge in [0.1, 0.15) is 5.75 Å². The highest BCUT2D eigenvalue weighted by Crippen LogP contribution is 2.27. The van der Waals surface area contributed by atoms with Crippen LogP contribution in [0.5, 0.6) is 11.6 Å². The number of fused-ring (bicyclic) bond motifs is 1. The molecule has 3 aromatic rings. The van der Waals surface area contributed by atoms with E-state index in [-0.39, 0.29) is 0 Å². The second kappa shape index (κ2) is 5.02. The quantitative estimate of drug-likeness (QED) is 0.656. The standard InChI is InChI=1S/C16H12BrNO/c1-11-10-12-4-2-3-5-15(12)18-16(11)19-14-8-6-13(17)7-9-14/h2-10H,1H3. The average Bonchev–Trinajstić information content (AvgIpc) is 2.42. The van der Waals surface area contributed by atoms with Gasteiger partial charge in [0.05, 0.1) is 5.52 Å². The Bertz CT molecular complexity index is 722. The minimum atomic E-state index is 0.654. The molecule has 0 radical (unpaired) electrons. The number of hydrogen-bond acceptors (Lipinski definition) is 2. The Hall–Kier alpha value is -1.87. The van der Waals surface area contributed by atoms with Gasteiger partial charge in [-0.3, -0.25) is 0 Å². The van der Waals surface area contributed by atoms with E-state index in [9.17, 15) is 0 Å². The Balaban J connectivity index is 2.00. The number of benzene rings is 2. The van der Waals surface area contributed by atoms with E-state index in [4.69, 9.17) is 4.74 Å². The molecule has 0 aliphatic carbocycles. The Kier molecular flexibility index (Phi) is 3.22. The molecule has 0 fully saturated rings. The van der Waals surface area contributed by atoms with Crippen LogP contribution >= 0.6 is 15.9 Å². The van der Waals surface area contributed by atoms with Crippen molar-refractivity contribution in [2.24, 2.45) is 0 Å². The zero-order valence-electron chi connectivity index (χ0n) is 10.4. The van der Waals surface area contributed by atoms with Gasteiger partial charge >= 0.3 is 0 Å². The third-order valence-corrected chi connectivity index (χ3v) is 3.42. The number of ether oxygens (including phenoxy) is 1. The third kappa shape index (κ3) is 2.61. The van der Waals surface area contributed by atoms with Crippen molar-refractivity contribution in [3.8, 4) is 11.6 Å². The fourth-order valence-corrected chi connectivity index (χ4v) is 2.19. The highest BCUT2D eigenvalue weighted by atomic mass is 79.9. The van der Waals surface area contributed by atoms with E-state index in [1.807, 2.05) is 49.4 Å². The summed E-state index contributed by atoms with van der Waals surface area (Å²) in [7, 11) is 0. The Morgan fingerprint density at radius 2 is 1.74 bits per heavy atom. The number of aromatic nitrogens is 1.